The molecule has 3 aromatic rings. The predicted octanol–water partition coefficient (Wildman–Crippen LogP) is 4.75. The number of aryl methyl sites for hydroxylation is 1. The highest BCUT2D eigenvalue weighted by atomic mass is 79.9. The number of aromatic nitrogens is 1. The highest BCUT2D eigenvalue weighted by Gasteiger charge is 2.26. The van der Waals surface area contributed by atoms with Gasteiger partial charge in [0, 0.05) is 11.1 Å². The second kappa shape index (κ2) is 7.17. The molecule has 1 aromatic heterocycles. The van der Waals surface area contributed by atoms with Crippen LogP contribution in [0.5, 0.6) is 11.5 Å². The SMILES string of the molecule is COc1cc(-c2c(C#N)c(N)nc3c2CCc2ccccc2-3)cc(Br)c1OC. The Balaban J connectivity index is 2.05. The monoisotopic (exact) mass is 435 g/mol. The molecule has 0 bridgehead atoms. The number of nitrogens with two attached hydrogens (primary N) is 1. The molecule has 0 fully saturated rings. The molecule has 0 saturated heterocycles. The number of nitriles is 1. The van der Waals surface area contributed by atoms with E-state index in [0.717, 1.165) is 45.3 Å². The fraction of sp³-hybridized carbons (Fsp3) is 0.182. The van der Waals surface area contributed by atoms with Gasteiger partial charge in [-0.05, 0) is 57.6 Å². The van der Waals surface area contributed by atoms with Crippen molar-refractivity contribution in [2.45, 2.75) is 12.8 Å². The molecule has 4 rings (SSSR count). The average molecular weight is 436 g/mol. The standard InChI is InChI=1S/C22H18BrN3O2/c1-27-18-10-13(9-17(23)21(18)28-2)19-15-8-7-12-5-3-4-6-14(12)20(15)26-22(25)16(19)11-24/h3-6,9-10H,7-8H2,1-2H3,(H2,25,26). The van der Waals surface area contributed by atoms with E-state index in [9.17, 15) is 5.26 Å². The van der Waals surface area contributed by atoms with E-state index in [0.29, 0.717) is 17.1 Å². The highest BCUT2D eigenvalue weighted by molar-refractivity contribution is 9.10. The quantitative estimate of drug-likeness (QED) is 0.641. The van der Waals surface area contributed by atoms with Crippen molar-refractivity contribution in [3.8, 4) is 40.0 Å². The van der Waals surface area contributed by atoms with Crippen molar-refractivity contribution in [3.63, 3.8) is 0 Å². The normalized spacial score (nSPS) is 11.9. The minimum absolute atomic E-state index is 0.235. The zero-order chi connectivity index (χ0) is 19.8. The second-order valence-corrected chi connectivity index (χ2v) is 7.39. The third-order valence-electron chi connectivity index (χ3n) is 5.08. The van der Waals surface area contributed by atoms with Crippen LogP contribution in [0.15, 0.2) is 40.9 Å². The van der Waals surface area contributed by atoms with E-state index >= 15 is 0 Å². The lowest BCUT2D eigenvalue weighted by molar-refractivity contribution is 0.353. The van der Waals surface area contributed by atoms with Crippen LogP contribution in [0, 0.1) is 11.3 Å². The maximum absolute atomic E-state index is 9.82. The van der Waals surface area contributed by atoms with Crippen LogP contribution in [-0.2, 0) is 12.8 Å². The molecule has 5 nitrogen and oxygen atoms in total. The number of ether oxygens (including phenoxy) is 2. The van der Waals surface area contributed by atoms with E-state index in [1.807, 2.05) is 24.3 Å². The Kier molecular flexibility index (Phi) is 4.70. The topological polar surface area (TPSA) is 81.2 Å². The van der Waals surface area contributed by atoms with Crippen LogP contribution in [-0.4, -0.2) is 19.2 Å². The summed E-state index contributed by atoms with van der Waals surface area (Å²) in [4.78, 5) is 4.60. The number of hydrogen-bond acceptors (Lipinski definition) is 5. The van der Waals surface area contributed by atoms with E-state index in [4.69, 9.17) is 15.2 Å². The Bertz CT molecular complexity index is 1140. The predicted molar refractivity (Wildman–Crippen MR) is 112 cm³/mol. The minimum atomic E-state index is 0.235. The largest absolute Gasteiger partial charge is 0.493 e. The van der Waals surface area contributed by atoms with Gasteiger partial charge in [-0.2, -0.15) is 5.26 Å². The van der Waals surface area contributed by atoms with Gasteiger partial charge in [0.05, 0.1) is 24.4 Å². The van der Waals surface area contributed by atoms with E-state index < -0.39 is 0 Å². The number of nitrogens with zero attached hydrogens (tertiary/aromatic N) is 2. The Morgan fingerprint density at radius 3 is 2.64 bits per heavy atom. The Labute approximate surface area is 171 Å². The smallest absolute Gasteiger partial charge is 0.174 e. The number of methoxy groups -OCH3 is 2. The Morgan fingerprint density at radius 1 is 1.14 bits per heavy atom. The van der Waals surface area contributed by atoms with Gasteiger partial charge >= 0.3 is 0 Å². The first-order valence-electron chi connectivity index (χ1n) is 8.81. The number of anilines is 1. The van der Waals surface area contributed by atoms with Crippen LogP contribution < -0.4 is 15.2 Å². The maximum Gasteiger partial charge on any atom is 0.174 e. The van der Waals surface area contributed by atoms with Crippen molar-refractivity contribution >= 4 is 21.7 Å². The molecule has 0 unspecified atom stereocenters. The van der Waals surface area contributed by atoms with Crippen LogP contribution >= 0.6 is 15.9 Å². The van der Waals surface area contributed by atoms with Gasteiger partial charge in [0.15, 0.2) is 11.5 Å². The number of rotatable bonds is 3. The second-order valence-electron chi connectivity index (χ2n) is 6.54. The first kappa shape index (κ1) is 18.3. The maximum atomic E-state index is 9.82. The minimum Gasteiger partial charge on any atom is -0.493 e. The molecule has 0 radical (unpaired) electrons. The Morgan fingerprint density at radius 2 is 1.93 bits per heavy atom. The third-order valence-corrected chi connectivity index (χ3v) is 5.67. The summed E-state index contributed by atoms with van der Waals surface area (Å²) in [5.74, 6) is 1.42. The lowest BCUT2D eigenvalue weighted by atomic mass is 9.83. The van der Waals surface area contributed by atoms with E-state index in [2.05, 4.69) is 39.1 Å². The molecule has 0 saturated carbocycles. The lowest BCUT2D eigenvalue weighted by Gasteiger charge is -2.24. The molecule has 2 aromatic carbocycles. The molecule has 1 aliphatic rings. The molecule has 0 aliphatic heterocycles. The summed E-state index contributed by atoms with van der Waals surface area (Å²) in [6.45, 7) is 0. The van der Waals surface area contributed by atoms with Crippen LogP contribution in [0.1, 0.15) is 16.7 Å². The van der Waals surface area contributed by atoms with E-state index in [1.165, 1.54) is 5.56 Å². The van der Waals surface area contributed by atoms with Crippen molar-refractivity contribution in [1.29, 1.82) is 5.26 Å². The van der Waals surface area contributed by atoms with Crippen molar-refractivity contribution in [2.75, 3.05) is 20.0 Å². The number of nitrogen functional groups attached to an aromatic ring is 1. The zero-order valence-electron chi connectivity index (χ0n) is 15.5. The number of benzene rings is 2. The van der Waals surface area contributed by atoms with E-state index in [-0.39, 0.29) is 5.82 Å². The fourth-order valence-corrected chi connectivity index (χ4v) is 4.43. The van der Waals surface area contributed by atoms with Gasteiger partial charge < -0.3 is 15.2 Å². The number of hydrogen-bond donors (Lipinski definition) is 1. The molecule has 1 heterocycles. The molecular weight excluding hydrogens is 418 g/mol. The molecule has 2 N–H and O–H groups in total. The van der Waals surface area contributed by atoms with Gasteiger partial charge in [-0.25, -0.2) is 4.98 Å². The summed E-state index contributed by atoms with van der Waals surface area (Å²) in [7, 11) is 3.18. The van der Waals surface area contributed by atoms with Crippen molar-refractivity contribution in [2.24, 2.45) is 0 Å². The summed E-state index contributed by atoms with van der Waals surface area (Å²) in [5, 5.41) is 9.82. The molecule has 1 aliphatic carbocycles. The van der Waals surface area contributed by atoms with Crippen molar-refractivity contribution in [3.05, 3.63) is 57.6 Å². The van der Waals surface area contributed by atoms with Crippen molar-refractivity contribution in [1.82, 2.24) is 4.98 Å². The van der Waals surface area contributed by atoms with Crippen molar-refractivity contribution < 1.29 is 9.47 Å². The summed E-state index contributed by atoms with van der Waals surface area (Å²) in [6, 6.07) is 14.2. The first-order valence-corrected chi connectivity index (χ1v) is 9.61. The molecule has 140 valence electrons. The molecule has 6 heteroatoms. The van der Waals surface area contributed by atoms with Gasteiger partial charge in [-0.15, -0.1) is 0 Å². The van der Waals surface area contributed by atoms with Crippen LogP contribution in [0.2, 0.25) is 0 Å². The molecule has 0 amide bonds. The van der Waals surface area contributed by atoms with Crippen LogP contribution in [0.3, 0.4) is 0 Å². The van der Waals surface area contributed by atoms with Gasteiger partial charge in [0.1, 0.15) is 17.5 Å². The third kappa shape index (κ3) is 2.79. The summed E-state index contributed by atoms with van der Waals surface area (Å²) >= 11 is 3.55. The summed E-state index contributed by atoms with van der Waals surface area (Å²) in [5.41, 5.74) is 12.4. The molecule has 0 spiro atoms. The van der Waals surface area contributed by atoms with Crippen LogP contribution in [0.25, 0.3) is 22.4 Å². The fourth-order valence-electron chi connectivity index (χ4n) is 3.83. The van der Waals surface area contributed by atoms with Gasteiger partial charge in [-0.1, -0.05) is 24.3 Å². The molecular formula is C22H18BrN3O2. The van der Waals surface area contributed by atoms with E-state index in [1.54, 1.807) is 14.2 Å². The van der Waals surface area contributed by atoms with Gasteiger partial charge in [0.25, 0.3) is 0 Å². The molecule has 0 atom stereocenters. The average Bonchev–Trinajstić information content (AvgIpc) is 2.72. The summed E-state index contributed by atoms with van der Waals surface area (Å²) < 4.78 is 11.7. The summed E-state index contributed by atoms with van der Waals surface area (Å²) in [6.07, 6.45) is 1.68. The highest BCUT2D eigenvalue weighted by Crippen LogP contribution is 2.45. The number of pyridine rings is 1. The lowest BCUT2D eigenvalue weighted by Crippen LogP contribution is -2.11. The van der Waals surface area contributed by atoms with Gasteiger partial charge in [-0.3, -0.25) is 0 Å². The first-order chi connectivity index (χ1) is 13.6. The van der Waals surface area contributed by atoms with Gasteiger partial charge in [0.2, 0.25) is 0 Å². The van der Waals surface area contributed by atoms with Crippen LogP contribution in [0.4, 0.5) is 5.82 Å². The zero-order valence-corrected chi connectivity index (χ0v) is 17.1. The molecule has 28 heavy (non-hydrogen) atoms. The number of fused-ring (bicyclic) bond motifs is 3. The Hall–Kier alpha value is -3.04. The number of halogens is 1.